The van der Waals surface area contributed by atoms with E-state index in [0.29, 0.717) is 18.4 Å². The number of rotatable bonds is 0. The van der Waals surface area contributed by atoms with E-state index >= 15 is 0 Å². The number of fused-ring (bicyclic) bond motifs is 3. The van der Waals surface area contributed by atoms with Crippen LogP contribution in [0.5, 0.6) is 0 Å². The summed E-state index contributed by atoms with van der Waals surface area (Å²) >= 11 is 0. The molecule has 2 aliphatic carbocycles. The van der Waals surface area contributed by atoms with Gasteiger partial charge in [0.25, 0.3) is 0 Å². The van der Waals surface area contributed by atoms with Crippen LogP contribution in [0.25, 0.3) is 0 Å². The summed E-state index contributed by atoms with van der Waals surface area (Å²) in [5.41, 5.74) is -2.63. The summed E-state index contributed by atoms with van der Waals surface area (Å²) in [6.45, 7) is 5.63. The van der Waals surface area contributed by atoms with Gasteiger partial charge in [-0.2, -0.15) is 0 Å². The van der Waals surface area contributed by atoms with Crippen LogP contribution in [0.4, 0.5) is 0 Å². The predicted octanol–water partition coefficient (Wildman–Crippen LogP) is 0.379. The average Bonchev–Trinajstić information content (AvgIpc) is 2.64. The summed E-state index contributed by atoms with van der Waals surface area (Å²) in [5.74, 6) is -1.03. The van der Waals surface area contributed by atoms with E-state index in [4.69, 9.17) is 4.74 Å². The van der Waals surface area contributed by atoms with Gasteiger partial charge in [-0.05, 0) is 24.3 Å². The van der Waals surface area contributed by atoms with E-state index < -0.39 is 40.5 Å². The smallest absolute Gasteiger partial charge is 0.343 e. The first-order chi connectivity index (χ1) is 9.15. The Morgan fingerprint density at radius 1 is 1.30 bits per heavy atom. The van der Waals surface area contributed by atoms with Crippen molar-refractivity contribution in [3.8, 4) is 0 Å². The molecule has 0 spiro atoms. The maximum atomic E-state index is 12.1. The fourth-order valence-corrected chi connectivity index (χ4v) is 4.77. The van der Waals surface area contributed by atoms with Gasteiger partial charge < -0.3 is 20.1 Å². The molecule has 1 heterocycles. The highest BCUT2D eigenvalue weighted by atomic mass is 16.6. The quantitative estimate of drug-likeness (QED) is 0.441. The lowest BCUT2D eigenvalue weighted by Crippen LogP contribution is -2.66. The van der Waals surface area contributed by atoms with Crippen molar-refractivity contribution < 1.29 is 24.9 Å². The molecule has 0 radical (unpaired) electrons. The fourth-order valence-electron chi connectivity index (χ4n) is 4.77. The van der Waals surface area contributed by atoms with Gasteiger partial charge in [-0.1, -0.05) is 20.8 Å². The lowest BCUT2D eigenvalue weighted by atomic mass is 9.46. The molecule has 1 aliphatic heterocycles. The molecule has 0 aromatic rings. The molecule has 5 atom stereocenters. The van der Waals surface area contributed by atoms with E-state index in [0.717, 1.165) is 0 Å². The second kappa shape index (κ2) is 3.84. The number of aliphatic hydroxyl groups is 3. The zero-order valence-electron chi connectivity index (χ0n) is 12.1. The van der Waals surface area contributed by atoms with Crippen molar-refractivity contribution >= 4 is 5.97 Å². The highest BCUT2D eigenvalue weighted by molar-refractivity contribution is 5.88. The zero-order valence-corrected chi connectivity index (χ0v) is 12.1. The minimum atomic E-state index is -1.67. The molecule has 20 heavy (non-hydrogen) atoms. The number of ether oxygens (including phenoxy) is 1. The molecule has 0 bridgehead atoms. The van der Waals surface area contributed by atoms with Gasteiger partial charge in [-0.3, -0.25) is 0 Å². The Morgan fingerprint density at radius 2 is 1.95 bits per heavy atom. The number of carbonyl (C=O) groups excluding carboxylic acids is 1. The molecule has 0 unspecified atom stereocenters. The number of hydrogen-bond donors (Lipinski definition) is 3. The predicted molar refractivity (Wildman–Crippen MR) is 70.6 cm³/mol. The summed E-state index contributed by atoms with van der Waals surface area (Å²) in [6, 6.07) is 0. The van der Waals surface area contributed by atoms with E-state index in [-0.39, 0.29) is 6.61 Å². The number of cyclic esters (lactones) is 1. The Balaban J connectivity index is 2.20. The molecule has 5 nitrogen and oxygen atoms in total. The molecular weight excluding hydrogens is 260 g/mol. The molecule has 3 rings (SSSR count). The Bertz CT molecular complexity index is 496. The minimum absolute atomic E-state index is 0.0394. The normalized spacial score (nSPS) is 50.0. The van der Waals surface area contributed by atoms with Crippen molar-refractivity contribution in [3.05, 3.63) is 11.6 Å². The van der Waals surface area contributed by atoms with Gasteiger partial charge in [0.05, 0.1) is 12.2 Å². The van der Waals surface area contributed by atoms with Gasteiger partial charge >= 0.3 is 5.97 Å². The van der Waals surface area contributed by atoms with Crippen LogP contribution in [0.2, 0.25) is 0 Å². The molecule has 5 heteroatoms. The van der Waals surface area contributed by atoms with Crippen molar-refractivity contribution in [1.82, 2.24) is 0 Å². The summed E-state index contributed by atoms with van der Waals surface area (Å²) in [4.78, 5) is 12.1. The van der Waals surface area contributed by atoms with Gasteiger partial charge in [0.2, 0.25) is 0 Å². The fraction of sp³-hybridized carbons (Fsp3) is 0.800. The highest BCUT2D eigenvalue weighted by Gasteiger charge is 2.69. The first-order valence-corrected chi connectivity index (χ1v) is 7.12. The summed E-state index contributed by atoms with van der Waals surface area (Å²) in [6.07, 6.45) is 1.15. The minimum Gasteiger partial charge on any atom is -0.459 e. The Kier molecular flexibility index (Phi) is 2.70. The molecule has 3 N–H and O–H groups in total. The third-order valence-electron chi connectivity index (χ3n) is 5.94. The molecule has 0 amide bonds. The maximum Gasteiger partial charge on any atom is 0.343 e. The van der Waals surface area contributed by atoms with Crippen LogP contribution in [0.15, 0.2) is 11.6 Å². The number of carbonyl (C=O) groups is 1. The molecule has 112 valence electrons. The largest absolute Gasteiger partial charge is 0.459 e. The molecular formula is C15H22O5. The second-order valence-electron chi connectivity index (χ2n) is 7.24. The van der Waals surface area contributed by atoms with Crippen LogP contribution >= 0.6 is 0 Å². The topological polar surface area (TPSA) is 87.0 Å². The maximum absolute atomic E-state index is 12.1. The van der Waals surface area contributed by atoms with Crippen LogP contribution in [0.3, 0.4) is 0 Å². The third kappa shape index (κ3) is 1.36. The van der Waals surface area contributed by atoms with Crippen molar-refractivity contribution in [3.63, 3.8) is 0 Å². The van der Waals surface area contributed by atoms with Gasteiger partial charge in [0.1, 0.15) is 6.61 Å². The van der Waals surface area contributed by atoms with Crippen LogP contribution in [-0.4, -0.2) is 45.7 Å². The van der Waals surface area contributed by atoms with Crippen molar-refractivity contribution in [2.45, 2.75) is 51.4 Å². The van der Waals surface area contributed by atoms with Gasteiger partial charge in [-0.25, -0.2) is 4.79 Å². The van der Waals surface area contributed by atoms with Crippen LogP contribution < -0.4 is 0 Å². The van der Waals surface area contributed by atoms with Crippen LogP contribution in [0, 0.1) is 16.7 Å². The van der Waals surface area contributed by atoms with Gasteiger partial charge in [0.15, 0.2) is 5.60 Å². The molecule has 1 saturated carbocycles. The van der Waals surface area contributed by atoms with E-state index in [1.165, 1.54) is 6.08 Å². The highest BCUT2D eigenvalue weighted by Crippen LogP contribution is 2.62. The Labute approximate surface area is 118 Å². The lowest BCUT2D eigenvalue weighted by Gasteiger charge is -2.60. The van der Waals surface area contributed by atoms with E-state index in [9.17, 15) is 20.1 Å². The monoisotopic (exact) mass is 282 g/mol. The van der Waals surface area contributed by atoms with E-state index in [1.807, 2.05) is 20.8 Å². The Morgan fingerprint density at radius 3 is 2.60 bits per heavy atom. The second-order valence-corrected chi connectivity index (χ2v) is 7.24. The van der Waals surface area contributed by atoms with E-state index in [2.05, 4.69) is 0 Å². The molecule has 2 fully saturated rings. The zero-order chi connectivity index (χ0) is 14.9. The Hall–Kier alpha value is -0.910. The lowest BCUT2D eigenvalue weighted by molar-refractivity contribution is -0.206. The van der Waals surface area contributed by atoms with E-state index in [1.54, 1.807) is 0 Å². The first-order valence-electron chi connectivity index (χ1n) is 7.12. The SMILES string of the molecule is CC1(C)[C@H](O)CC[C@]2(C)[C@@H]1[C@@H](O)C=C1COC(=O)[C@]12O. The summed E-state index contributed by atoms with van der Waals surface area (Å²) < 4.78 is 5.03. The molecule has 0 aromatic heterocycles. The molecule has 3 aliphatic rings. The average molecular weight is 282 g/mol. The van der Waals surface area contributed by atoms with Crippen LogP contribution in [-0.2, 0) is 9.53 Å². The molecule has 0 aromatic carbocycles. The van der Waals surface area contributed by atoms with Crippen molar-refractivity contribution in [2.75, 3.05) is 6.61 Å². The number of hydrogen-bond acceptors (Lipinski definition) is 5. The van der Waals surface area contributed by atoms with Gasteiger partial charge in [-0.15, -0.1) is 0 Å². The third-order valence-corrected chi connectivity index (χ3v) is 5.94. The van der Waals surface area contributed by atoms with Crippen LogP contribution in [0.1, 0.15) is 33.6 Å². The van der Waals surface area contributed by atoms with Crippen molar-refractivity contribution in [2.24, 2.45) is 16.7 Å². The van der Waals surface area contributed by atoms with Gasteiger partial charge in [0, 0.05) is 16.9 Å². The summed E-state index contributed by atoms with van der Waals surface area (Å²) in [5, 5.41) is 31.8. The van der Waals surface area contributed by atoms with Crippen molar-refractivity contribution in [1.29, 1.82) is 0 Å². The number of esters is 1. The molecule has 1 saturated heterocycles. The first kappa shape index (κ1) is 14.0. The summed E-state index contributed by atoms with van der Waals surface area (Å²) in [7, 11) is 0. The number of aliphatic hydroxyl groups excluding tert-OH is 2. The standard InChI is InChI=1S/C15H22O5/c1-13(2)10(17)4-5-14(3)11(13)9(16)6-8-7-20-12(18)15(8,14)19/h6,9-11,16-17,19H,4-5,7H2,1-3H3/t9-,10+,11+,14+,15+/m0/s1.